The first-order chi connectivity index (χ1) is 10.1. The Labute approximate surface area is 126 Å². The molecule has 0 fully saturated rings. The van der Waals surface area contributed by atoms with Gasteiger partial charge in [0, 0.05) is 13.1 Å². The van der Waals surface area contributed by atoms with Gasteiger partial charge in [-0.1, -0.05) is 19.9 Å². The van der Waals surface area contributed by atoms with Gasteiger partial charge >= 0.3 is 0 Å². The molecular weight excluding hydrogens is 271 g/mol. The summed E-state index contributed by atoms with van der Waals surface area (Å²) in [5, 5.41) is 5.93. The van der Waals surface area contributed by atoms with E-state index in [4.69, 9.17) is 4.74 Å². The van der Waals surface area contributed by atoms with Gasteiger partial charge in [-0.05, 0) is 44.0 Å². The maximum absolute atomic E-state index is 14.0. The molecule has 21 heavy (non-hydrogen) atoms. The van der Waals surface area contributed by atoms with Crippen molar-refractivity contribution in [2.75, 3.05) is 13.1 Å². The van der Waals surface area contributed by atoms with E-state index in [0.29, 0.717) is 13.1 Å². The van der Waals surface area contributed by atoms with E-state index in [1.165, 1.54) is 6.07 Å². The summed E-state index contributed by atoms with van der Waals surface area (Å²) in [5.41, 5.74) is 0.858. The Bertz CT molecular complexity index is 452. The van der Waals surface area contributed by atoms with Crippen molar-refractivity contribution in [2.24, 2.45) is 0 Å². The van der Waals surface area contributed by atoms with Crippen LogP contribution in [0.3, 0.4) is 0 Å². The molecule has 0 aliphatic rings. The highest BCUT2D eigenvalue weighted by molar-refractivity contribution is 5.80. The number of carbonyl (C=O) groups is 1. The number of benzene rings is 1. The van der Waals surface area contributed by atoms with Gasteiger partial charge in [-0.3, -0.25) is 4.79 Å². The molecule has 0 radical (unpaired) electrons. The Morgan fingerprint density at radius 2 is 2.00 bits per heavy atom. The lowest BCUT2D eigenvalue weighted by Gasteiger charge is -2.15. The minimum Gasteiger partial charge on any atom is -0.478 e. The second kappa shape index (κ2) is 9.34. The molecule has 1 atom stereocenters. The Kier molecular flexibility index (Phi) is 7.75. The molecule has 4 nitrogen and oxygen atoms in total. The molecule has 0 aromatic heterocycles. The van der Waals surface area contributed by atoms with Crippen LogP contribution >= 0.6 is 0 Å². The van der Waals surface area contributed by atoms with Crippen LogP contribution < -0.4 is 15.4 Å². The maximum atomic E-state index is 14.0. The van der Waals surface area contributed by atoms with Crippen LogP contribution in [0.25, 0.3) is 0 Å². The van der Waals surface area contributed by atoms with Crippen LogP contribution in [0.2, 0.25) is 0 Å². The molecule has 0 bridgehead atoms. The summed E-state index contributed by atoms with van der Waals surface area (Å²) in [6.45, 7) is 7.77. The Balaban J connectivity index is 2.57. The highest BCUT2D eigenvalue weighted by atomic mass is 19.1. The summed E-state index contributed by atoms with van der Waals surface area (Å²) >= 11 is 0. The van der Waals surface area contributed by atoms with Crippen LogP contribution in [0.1, 0.15) is 39.2 Å². The fraction of sp³-hybridized carbons (Fsp3) is 0.562. The molecule has 0 saturated carbocycles. The van der Waals surface area contributed by atoms with Crippen molar-refractivity contribution >= 4 is 5.91 Å². The zero-order chi connectivity index (χ0) is 15.7. The zero-order valence-electron chi connectivity index (χ0n) is 13.0. The normalized spacial score (nSPS) is 12.0. The number of rotatable bonds is 9. The molecule has 1 aromatic carbocycles. The molecule has 0 aliphatic carbocycles. The first-order valence-electron chi connectivity index (χ1n) is 7.52. The number of amides is 1. The van der Waals surface area contributed by atoms with Crippen molar-refractivity contribution in [3.8, 4) is 5.75 Å². The third kappa shape index (κ3) is 6.12. The second-order valence-corrected chi connectivity index (χ2v) is 4.99. The largest absolute Gasteiger partial charge is 0.478 e. The minimum atomic E-state index is -0.713. The number of ether oxygens (including phenoxy) is 1. The number of hydrogen-bond donors (Lipinski definition) is 2. The molecular formula is C16H25FN2O2. The first-order valence-corrected chi connectivity index (χ1v) is 7.52. The van der Waals surface area contributed by atoms with Crippen LogP contribution in [-0.4, -0.2) is 25.1 Å². The van der Waals surface area contributed by atoms with E-state index in [0.717, 1.165) is 24.9 Å². The fourth-order valence-electron chi connectivity index (χ4n) is 1.80. The zero-order valence-corrected chi connectivity index (χ0v) is 13.0. The molecule has 0 aliphatic heterocycles. The molecule has 2 N–H and O–H groups in total. The topological polar surface area (TPSA) is 50.4 Å². The Hall–Kier alpha value is -1.62. The number of halogens is 1. The van der Waals surface area contributed by atoms with E-state index in [1.807, 2.05) is 6.92 Å². The molecule has 0 heterocycles. The molecule has 1 aromatic rings. The SMILES string of the molecule is CCCNCc1ccc(OC(C)C(=O)NCCC)c(F)c1. The van der Waals surface area contributed by atoms with E-state index < -0.39 is 11.9 Å². The number of carbonyl (C=O) groups excluding carboxylic acids is 1. The van der Waals surface area contributed by atoms with Crippen LogP contribution in [0.5, 0.6) is 5.75 Å². The predicted octanol–water partition coefficient (Wildman–Crippen LogP) is 2.62. The fourth-order valence-corrected chi connectivity index (χ4v) is 1.80. The average Bonchev–Trinajstić information content (AvgIpc) is 2.47. The summed E-state index contributed by atoms with van der Waals surface area (Å²) in [4.78, 5) is 11.7. The third-order valence-corrected chi connectivity index (χ3v) is 2.97. The molecule has 1 rings (SSSR count). The average molecular weight is 296 g/mol. The highest BCUT2D eigenvalue weighted by Gasteiger charge is 2.16. The van der Waals surface area contributed by atoms with Gasteiger partial charge in [0.2, 0.25) is 0 Å². The Morgan fingerprint density at radius 3 is 2.62 bits per heavy atom. The van der Waals surface area contributed by atoms with E-state index in [1.54, 1.807) is 19.1 Å². The number of nitrogens with one attached hydrogen (secondary N) is 2. The quantitative estimate of drug-likeness (QED) is 0.689. The van der Waals surface area contributed by atoms with Crippen molar-refractivity contribution in [2.45, 2.75) is 46.3 Å². The van der Waals surface area contributed by atoms with E-state index in [9.17, 15) is 9.18 Å². The van der Waals surface area contributed by atoms with Gasteiger partial charge in [-0.2, -0.15) is 0 Å². The summed E-state index contributed by atoms with van der Waals surface area (Å²) in [7, 11) is 0. The van der Waals surface area contributed by atoms with Crippen molar-refractivity contribution in [1.82, 2.24) is 10.6 Å². The van der Waals surface area contributed by atoms with Gasteiger partial charge in [-0.15, -0.1) is 0 Å². The van der Waals surface area contributed by atoms with Gasteiger partial charge in [0.1, 0.15) is 0 Å². The molecule has 5 heteroatoms. The third-order valence-electron chi connectivity index (χ3n) is 2.97. The first kappa shape index (κ1) is 17.4. The van der Waals surface area contributed by atoms with Crippen molar-refractivity contribution in [3.05, 3.63) is 29.6 Å². The summed E-state index contributed by atoms with van der Waals surface area (Å²) in [5.74, 6) is -0.570. The molecule has 0 saturated heterocycles. The van der Waals surface area contributed by atoms with E-state index >= 15 is 0 Å². The van der Waals surface area contributed by atoms with Crippen LogP contribution in [0.15, 0.2) is 18.2 Å². The van der Waals surface area contributed by atoms with Gasteiger partial charge in [0.15, 0.2) is 17.7 Å². The van der Waals surface area contributed by atoms with E-state index in [-0.39, 0.29) is 11.7 Å². The van der Waals surface area contributed by atoms with Gasteiger partial charge in [0.25, 0.3) is 5.91 Å². The van der Waals surface area contributed by atoms with Crippen molar-refractivity contribution in [3.63, 3.8) is 0 Å². The second-order valence-electron chi connectivity index (χ2n) is 4.99. The lowest BCUT2D eigenvalue weighted by atomic mass is 10.2. The monoisotopic (exact) mass is 296 g/mol. The predicted molar refractivity (Wildman–Crippen MR) is 81.8 cm³/mol. The maximum Gasteiger partial charge on any atom is 0.260 e. The number of hydrogen-bond acceptors (Lipinski definition) is 3. The Morgan fingerprint density at radius 1 is 1.29 bits per heavy atom. The van der Waals surface area contributed by atoms with E-state index in [2.05, 4.69) is 17.6 Å². The lowest BCUT2D eigenvalue weighted by molar-refractivity contribution is -0.127. The van der Waals surface area contributed by atoms with Gasteiger partial charge in [-0.25, -0.2) is 4.39 Å². The summed E-state index contributed by atoms with van der Waals surface area (Å²) in [6.07, 6.45) is 1.18. The smallest absolute Gasteiger partial charge is 0.260 e. The van der Waals surface area contributed by atoms with Crippen molar-refractivity contribution < 1.29 is 13.9 Å². The lowest BCUT2D eigenvalue weighted by Crippen LogP contribution is -2.36. The summed E-state index contributed by atoms with van der Waals surface area (Å²) in [6, 6.07) is 4.81. The van der Waals surface area contributed by atoms with Crippen LogP contribution in [0, 0.1) is 5.82 Å². The molecule has 1 amide bonds. The highest BCUT2D eigenvalue weighted by Crippen LogP contribution is 2.19. The molecule has 1 unspecified atom stereocenters. The van der Waals surface area contributed by atoms with Crippen LogP contribution in [0.4, 0.5) is 4.39 Å². The molecule has 0 spiro atoms. The van der Waals surface area contributed by atoms with Crippen molar-refractivity contribution in [1.29, 1.82) is 0 Å². The standard InChI is InChI=1S/C16H25FN2O2/c1-4-8-18-11-13-6-7-15(14(17)10-13)21-12(3)16(20)19-9-5-2/h6-7,10,12,18H,4-5,8-9,11H2,1-3H3,(H,19,20). The minimum absolute atomic E-state index is 0.105. The van der Waals surface area contributed by atoms with Gasteiger partial charge in [0.05, 0.1) is 0 Å². The van der Waals surface area contributed by atoms with Gasteiger partial charge < -0.3 is 15.4 Å². The van der Waals surface area contributed by atoms with Crippen LogP contribution in [-0.2, 0) is 11.3 Å². The molecule has 118 valence electrons. The summed E-state index contributed by atoms with van der Waals surface area (Å²) < 4.78 is 19.3.